The molecule has 0 saturated heterocycles. The first-order chi connectivity index (χ1) is 7.45. The van der Waals surface area contributed by atoms with Crippen molar-refractivity contribution in [2.45, 2.75) is 4.90 Å². The van der Waals surface area contributed by atoms with E-state index < -0.39 is 10.0 Å². The first-order valence-corrected chi connectivity index (χ1v) is 6.11. The Morgan fingerprint density at radius 2 is 2.06 bits per heavy atom. The van der Waals surface area contributed by atoms with Crippen molar-refractivity contribution in [2.75, 3.05) is 13.1 Å². The van der Waals surface area contributed by atoms with Gasteiger partial charge < -0.3 is 11.1 Å². The Bertz CT molecular complexity index is 485. The van der Waals surface area contributed by atoms with Gasteiger partial charge in [-0.25, -0.2) is 13.6 Å². The van der Waals surface area contributed by atoms with E-state index in [4.69, 9.17) is 10.9 Å². The number of carbonyl (C=O) groups excluding carboxylic acids is 1. The molecule has 16 heavy (non-hydrogen) atoms. The Hall–Kier alpha value is -1.44. The summed E-state index contributed by atoms with van der Waals surface area (Å²) in [5.41, 5.74) is 5.46. The van der Waals surface area contributed by atoms with Gasteiger partial charge >= 0.3 is 0 Å². The highest BCUT2D eigenvalue weighted by molar-refractivity contribution is 7.89. The molecule has 0 atom stereocenters. The molecule has 1 rings (SSSR count). The Balaban J connectivity index is 2.95. The van der Waals surface area contributed by atoms with Gasteiger partial charge in [0.15, 0.2) is 0 Å². The monoisotopic (exact) mass is 243 g/mol. The van der Waals surface area contributed by atoms with Crippen LogP contribution in [0.15, 0.2) is 29.2 Å². The molecule has 6 nitrogen and oxygen atoms in total. The van der Waals surface area contributed by atoms with Gasteiger partial charge in [0.1, 0.15) is 0 Å². The molecule has 0 fully saturated rings. The number of benzene rings is 1. The molecular formula is C9H13N3O3S. The van der Waals surface area contributed by atoms with E-state index in [1.807, 2.05) is 0 Å². The fourth-order valence-corrected chi connectivity index (χ4v) is 1.66. The molecule has 0 saturated carbocycles. The Morgan fingerprint density at radius 1 is 1.38 bits per heavy atom. The van der Waals surface area contributed by atoms with Gasteiger partial charge in [0, 0.05) is 18.7 Å². The Kier molecular flexibility index (Phi) is 3.99. The molecule has 0 unspecified atom stereocenters. The highest BCUT2D eigenvalue weighted by Crippen LogP contribution is 2.09. The quantitative estimate of drug-likeness (QED) is 0.630. The van der Waals surface area contributed by atoms with Crippen LogP contribution in [0.2, 0.25) is 0 Å². The number of carbonyl (C=O) groups is 1. The number of sulfonamides is 1. The Labute approximate surface area is 93.7 Å². The average Bonchev–Trinajstić information content (AvgIpc) is 2.25. The molecule has 88 valence electrons. The van der Waals surface area contributed by atoms with Crippen LogP contribution in [-0.4, -0.2) is 27.4 Å². The first kappa shape index (κ1) is 12.6. The fourth-order valence-electron chi connectivity index (χ4n) is 1.10. The van der Waals surface area contributed by atoms with E-state index in [9.17, 15) is 13.2 Å². The number of hydrogen-bond donors (Lipinski definition) is 3. The minimum Gasteiger partial charge on any atom is -0.351 e. The zero-order valence-electron chi connectivity index (χ0n) is 8.51. The van der Waals surface area contributed by atoms with Crippen LogP contribution in [0.3, 0.4) is 0 Å². The van der Waals surface area contributed by atoms with Gasteiger partial charge in [-0.05, 0) is 18.2 Å². The molecule has 1 aromatic carbocycles. The van der Waals surface area contributed by atoms with Crippen molar-refractivity contribution in [2.24, 2.45) is 10.9 Å². The normalized spacial score (nSPS) is 11.1. The Morgan fingerprint density at radius 3 is 2.62 bits per heavy atom. The lowest BCUT2D eigenvalue weighted by Crippen LogP contribution is -2.29. The second-order valence-electron chi connectivity index (χ2n) is 3.12. The lowest BCUT2D eigenvalue weighted by molar-refractivity contribution is 0.0954. The molecule has 0 aliphatic heterocycles. The van der Waals surface area contributed by atoms with Gasteiger partial charge in [-0.2, -0.15) is 0 Å². The van der Waals surface area contributed by atoms with E-state index in [0.717, 1.165) is 0 Å². The molecule has 1 aromatic rings. The van der Waals surface area contributed by atoms with Crippen LogP contribution in [0, 0.1) is 0 Å². The van der Waals surface area contributed by atoms with E-state index in [1.165, 1.54) is 24.3 Å². The molecule has 0 aliphatic carbocycles. The molecule has 7 heteroatoms. The smallest absolute Gasteiger partial charge is 0.251 e. The lowest BCUT2D eigenvalue weighted by Gasteiger charge is -2.04. The molecule has 0 aromatic heterocycles. The third kappa shape index (κ3) is 3.30. The summed E-state index contributed by atoms with van der Waals surface area (Å²) in [6.45, 7) is 0.652. The van der Waals surface area contributed by atoms with Crippen LogP contribution in [0.5, 0.6) is 0 Å². The molecule has 0 bridgehead atoms. The van der Waals surface area contributed by atoms with Crippen molar-refractivity contribution in [3.8, 4) is 0 Å². The summed E-state index contributed by atoms with van der Waals surface area (Å²) < 4.78 is 22.1. The van der Waals surface area contributed by atoms with Crippen molar-refractivity contribution in [3.63, 3.8) is 0 Å². The van der Waals surface area contributed by atoms with Crippen LogP contribution in [0.1, 0.15) is 10.4 Å². The minimum absolute atomic E-state index is 0.0899. The van der Waals surface area contributed by atoms with Gasteiger partial charge in [-0.15, -0.1) is 0 Å². The van der Waals surface area contributed by atoms with E-state index in [1.54, 1.807) is 0 Å². The predicted molar refractivity (Wildman–Crippen MR) is 59.2 cm³/mol. The van der Waals surface area contributed by atoms with Crippen LogP contribution in [-0.2, 0) is 10.0 Å². The maximum atomic E-state index is 11.5. The molecule has 1 amide bonds. The summed E-state index contributed by atoms with van der Waals surface area (Å²) in [6, 6.07) is 5.51. The molecule has 0 radical (unpaired) electrons. The highest BCUT2D eigenvalue weighted by atomic mass is 32.2. The zero-order chi connectivity index (χ0) is 12.2. The number of rotatable bonds is 4. The van der Waals surface area contributed by atoms with Crippen molar-refractivity contribution < 1.29 is 13.2 Å². The number of primary sulfonamides is 1. The first-order valence-electron chi connectivity index (χ1n) is 4.56. The van der Waals surface area contributed by atoms with Gasteiger partial charge in [0.05, 0.1) is 4.90 Å². The topological polar surface area (TPSA) is 115 Å². The second kappa shape index (κ2) is 5.06. The standard InChI is InChI=1S/C9H13N3O3S/c10-4-5-12-9(13)7-2-1-3-8(6-7)16(11,14)15/h1-3,6H,4-5,10H2,(H,12,13)(H2,11,14,15). The van der Waals surface area contributed by atoms with E-state index >= 15 is 0 Å². The summed E-state index contributed by atoms with van der Waals surface area (Å²) >= 11 is 0. The third-order valence-electron chi connectivity index (χ3n) is 1.85. The summed E-state index contributed by atoms with van der Waals surface area (Å²) in [6.07, 6.45) is 0. The highest BCUT2D eigenvalue weighted by Gasteiger charge is 2.11. The number of hydrogen-bond acceptors (Lipinski definition) is 4. The number of amides is 1. The van der Waals surface area contributed by atoms with Crippen LogP contribution in [0.25, 0.3) is 0 Å². The third-order valence-corrected chi connectivity index (χ3v) is 2.77. The predicted octanol–water partition coefficient (Wildman–Crippen LogP) is -0.977. The summed E-state index contributed by atoms with van der Waals surface area (Å²) in [5, 5.41) is 7.47. The van der Waals surface area contributed by atoms with Gasteiger partial charge in [-0.3, -0.25) is 4.79 Å². The fraction of sp³-hybridized carbons (Fsp3) is 0.222. The van der Waals surface area contributed by atoms with Crippen molar-refractivity contribution >= 4 is 15.9 Å². The van der Waals surface area contributed by atoms with Gasteiger partial charge in [0.2, 0.25) is 10.0 Å². The lowest BCUT2D eigenvalue weighted by atomic mass is 10.2. The van der Waals surface area contributed by atoms with Crippen LogP contribution < -0.4 is 16.2 Å². The largest absolute Gasteiger partial charge is 0.351 e. The van der Waals surface area contributed by atoms with Crippen molar-refractivity contribution in [1.29, 1.82) is 0 Å². The molecule has 0 heterocycles. The van der Waals surface area contributed by atoms with Crippen molar-refractivity contribution in [3.05, 3.63) is 29.8 Å². The average molecular weight is 243 g/mol. The number of nitrogens with two attached hydrogens (primary N) is 2. The SMILES string of the molecule is NCCNC(=O)c1cccc(S(N)(=O)=O)c1. The number of nitrogens with one attached hydrogen (secondary N) is 1. The van der Waals surface area contributed by atoms with Gasteiger partial charge in [0.25, 0.3) is 5.91 Å². The maximum absolute atomic E-state index is 11.5. The summed E-state index contributed by atoms with van der Waals surface area (Å²) in [5.74, 6) is -0.379. The summed E-state index contributed by atoms with van der Waals surface area (Å²) in [4.78, 5) is 11.4. The van der Waals surface area contributed by atoms with Gasteiger partial charge in [-0.1, -0.05) is 6.07 Å². The summed E-state index contributed by atoms with van der Waals surface area (Å²) in [7, 11) is -3.78. The molecule has 0 spiro atoms. The maximum Gasteiger partial charge on any atom is 0.251 e. The molecule has 0 aliphatic rings. The van der Waals surface area contributed by atoms with Crippen LogP contribution in [0.4, 0.5) is 0 Å². The minimum atomic E-state index is -3.78. The van der Waals surface area contributed by atoms with E-state index in [2.05, 4.69) is 5.32 Å². The second-order valence-corrected chi connectivity index (χ2v) is 4.68. The van der Waals surface area contributed by atoms with E-state index in [0.29, 0.717) is 13.1 Å². The van der Waals surface area contributed by atoms with Crippen molar-refractivity contribution in [1.82, 2.24) is 5.32 Å². The zero-order valence-corrected chi connectivity index (χ0v) is 9.33. The van der Waals surface area contributed by atoms with E-state index in [-0.39, 0.29) is 16.4 Å². The molecule has 5 N–H and O–H groups in total. The molecular weight excluding hydrogens is 230 g/mol. The van der Waals surface area contributed by atoms with Crippen LogP contribution >= 0.6 is 0 Å².